The number of rotatable bonds is 6. The molecule has 122 valence electrons. The summed E-state index contributed by atoms with van der Waals surface area (Å²) in [6.45, 7) is -0.158. The number of nitrogens with one attached hydrogen (secondary N) is 1. The van der Waals surface area contributed by atoms with Crippen molar-refractivity contribution in [2.75, 3.05) is 26.0 Å². The van der Waals surface area contributed by atoms with Gasteiger partial charge in [0.25, 0.3) is 5.91 Å². The van der Waals surface area contributed by atoms with Gasteiger partial charge in [-0.15, -0.1) is 0 Å². The van der Waals surface area contributed by atoms with Crippen LogP contribution < -0.4 is 10.1 Å². The van der Waals surface area contributed by atoms with E-state index in [1.165, 1.54) is 38.4 Å². The summed E-state index contributed by atoms with van der Waals surface area (Å²) in [6, 6.07) is 15.0. The second-order valence-electron chi connectivity index (χ2n) is 4.96. The number of para-hydroxylation sites is 1. The first-order valence-electron chi connectivity index (χ1n) is 6.90. The summed E-state index contributed by atoms with van der Waals surface area (Å²) < 4.78 is 30.3. The molecule has 7 heteroatoms. The van der Waals surface area contributed by atoms with E-state index < -0.39 is 10.0 Å². The van der Waals surface area contributed by atoms with E-state index in [9.17, 15) is 13.2 Å². The van der Waals surface area contributed by atoms with E-state index >= 15 is 0 Å². The second-order valence-corrected chi connectivity index (χ2v) is 7.11. The van der Waals surface area contributed by atoms with Gasteiger partial charge in [-0.25, -0.2) is 12.7 Å². The SMILES string of the molecule is CN(C)S(=O)(=O)c1ccc(OCC(=O)Nc2ccccc2)cc1. The standard InChI is InChI=1S/C16H18N2O4S/c1-18(2)23(20,21)15-10-8-14(9-11-15)22-12-16(19)17-13-6-4-3-5-7-13/h3-11H,12H2,1-2H3,(H,17,19). The minimum Gasteiger partial charge on any atom is -0.484 e. The predicted octanol–water partition coefficient (Wildman–Crippen LogP) is 1.95. The largest absolute Gasteiger partial charge is 0.484 e. The Balaban J connectivity index is 1.93. The number of hydrogen-bond acceptors (Lipinski definition) is 4. The van der Waals surface area contributed by atoms with E-state index in [1.54, 1.807) is 12.1 Å². The van der Waals surface area contributed by atoms with Crippen molar-refractivity contribution < 1.29 is 17.9 Å². The zero-order chi connectivity index (χ0) is 16.9. The van der Waals surface area contributed by atoms with Crippen LogP contribution in [0.5, 0.6) is 5.75 Å². The molecule has 0 fully saturated rings. The van der Waals surface area contributed by atoms with Crippen LogP contribution in [0.25, 0.3) is 0 Å². The fraction of sp³-hybridized carbons (Fsp3) is 0.188. The van der Waals surface area contributed by atoms with Crippen LogP contribution in [0, 0.1) is 0 Å². The number of ether oxygens (including phenoxy) is 1. The van der Waals surface area contributed by atoms with E-state index in [4.69, 9.17) is 4.74 Å². The highest BCUT2D eigenvalue weighted by Gasteiger charge is 2.16. The summed E-state index contributed by atoms with van der Waals surface area (Å²) in [6.07, 6.45) is 0. The number of carbonyl (C=O) groups excluding carboxylic acids is 1. The lowest BCUT2D eigenvalue weighted by Crippen LogP contribution is -2.22. The van der Waals surface area contributed by atoms with Gasteiger partial charge in [0.15, 0.2) is 6.61 Å². The van der Waals surface area contributed by atoms with Gasteiger partial charge in [0, 0.05) is 19.8 Å². The van der Waals surface area contributed by atoms with Crippen molar-refractivity contribution in [3.63, 3.8) is 0 Å². The number of benzene rings is 2. The van der Waals surface area contributed by atoms with E-state index in [2.05, 4.69) is 5.32 Å². The van der Waals surface area contributed by atoms with Crippen LogP contribution in [0.15, 0.2) is 59.5 Å². The third-order valence-corrected chi connectivity index (χ3v) is 4.86. The molecule has 2 rings (SSSR count). The summed E-state index contributed by atoms with van der Waals surface area (Å²) in [5.41, 5.74) is 0.688. The van der Waals surface area contributed by atoms with E-state index in [0.29, 0.717) is 11.4 Å². The minimum atomic E-state index is -3.47. The Morgan fingerprint density at radius 2 is 1.65 bits per heavy atom. The van der Waals surface area contributed by atoms with E-state index in [0.717, 1.165) is 4.31 Å². The molecular formula is C16H18N2O4S. The maximum absolute atomic E-state index is 11.9. The molecule has 0 unspecified atom stereocenters. The van der Waals surface area contributed by atoms with Crippen molar-refractivity contribution in [1.29, 1.82) is 0 Å². The zero-order valence-electron chi connectivity index (χ0n) is 12.9. The topological polar surface area (TPSA) is 75.7 Å². The van der Waals surface area contributed by atoms with Crippen LogP contribution in [-0.4, -0.2) is 39.3 Å². The Bertz CT molecular complexity index is 756. The van der Waals surface area contributed by atoms with Gasteiger partial charge in [-0.1, -0.05) is 18.2 Å². The lowest BCUT2D eigenvalue weighted by Gasteiger charge is -2.12. The quantitative estimate of drug-likeness (QED) is 0.876. The highest BCUT2D eigenvalue weighted by Crippen LogP contribution is 2.18. The van der Waals surface area contributed by atoms with Gasteiger partial charge in [0.1, 0.15) is 5.75 Å². The molecule has 0 radical (unpaired) electrons. The van der Waals surface area contributed by atoms with Crippen LogP contribution in [0.1, 0.15) is 0 Å². The van der Waals surface area contributed by atoms with Crippen LogP contribution in [0.3, 0.4) is 0 Å². The molecule has 0 spiro atoms. The van der Waals surface area contributed by atoms with E-state index in [1.807, 2.05) is 18.2 Å². The second kappa shape index (κ2) is 7.26. The maximum atomic E-state index is 11.9. The molecule has 0 saturated heterocycles. The van der Waals surface area contributed by atoms with Gasteiger partial charge in [0.2, 0.25) is 10.0 Å². The predicted molar refractivity (Wildman–Crippen MR) is 87.9 cm³/mol. The van der Waals surface area contributed by atoms with Crippen molar-refractivity contribution in [1.82, 2.24) is 4.31 Å². The molecule has 2 aromatic rings. The van der Waals surface area contributed by atoms with Crippen LogP contribution >= 0.6 is 0 Å². The number of amides is 1. The fourth-order valence-electron chi connectivity index (χ4n) is 1.79. The first-order chi connectivity index (χ1) is 10.9. The molecule has 0 aromatic heterocycles. The fourth-order valence-corrected chi connectivity index (χ4v) is 2.69. The molecule has 0 bridgehead atoms. The highest BCUT2D eigenvalue weighted by atomic mass is 32.2. The lowest BCUT2D eigenvalue weighted by molar-refractivity contribution is -0.118. The van der Waals surface area contributed by atoms with Gasteiger partial charge < -0.3 is 10.1 Å². The van der Waals surface area contributed by atoms with E-state index in [-0.39, 0.29) is 17.4 Å². The summed E-state index contributed by atoms with van der Waals surface area (Å²) in [4.78, 5) is 11.9. The first kappa shape index (κ1) is 17.0. The Morgan fingerprint density at radius 1 is 1.04 bits per heavy atom. The van der Waals surface area contributed by atoms with Crippen molar-refractivity contribution >= 4 is 21.6 Å². The molecule has 1 N–H and O–H groups in total. The Morgan fingerprint density at radius 3 is 2.22 bits per heavy atom. The third kappa shape index (κ3) is 4.54. The molecule has 1 amide bonds. The van der Waals surface area contributed by atoms with Crippen molar-refractivity contribution in [3.8, 4) is 5.75 Å². The molecule has 0 aliphatic heterocycles. The molecule has 2 aromatic carbocycles. The van der Waals surface area contributed by atoms with Crippen LogP contribution in [-0.2, 0) is 14.8 Å². The van der Waals surface area contributed by atoms with Gasteiger partial charge >= 0.3 is 0 Å². The van der Waals surface area contributed by atoms with Crippen molar-refractivity contribution in [3.05, 3.63) is 54.6 Å². The Kier molecular flexibility index (Phi) is 5.36. The summed E-state index contributed by atoms with van der Waals surface area (Å²) in [5, 5.41) is 2.70. The first-order valence-corrected chi connectivity index (χ1v) is 8.34. The zero-order valence-corrected chi connectivity index (χ0v) is 13.7. The van der Waals surface area contributed by atoms with Gasteiger partial charge in [-0.3, -0.25) is 4.79 Å². The van der Waals surface area contributed by atoms with Gasteiger partial charge in [-0.2, -0.15) is 0 Å². The normalized spacial score (nSPS) is 11.3. The molecule has 0 saturated carbocycles. The number of sulfonamides is 1. The van der Waals surface area contributed by atoms with Gasteiger partial charge in [0.05, 0.1) is 4.90 Å². The minimum absolute atomic E-state index is 0.158. The molecule has 23 heavy (non-hydrogen) atoms. The maximum Gasteiger partial charge on any atom is 0.262 e. The summed E-state index contributed by atoms with van der Waals surface area (Å²) in [5.74, 6) is 0.132. The average molecular weight is 334 g/mol. The average Bonchev–Trinajstić information content (AvgIpc) is 2.54. The smallest absolute Gasteiger partial charge is 0.262 e. The molecule has 0 aliphatic carbocycles. The monoisotopic (exact) mass is 334 g/mol. The molecule has 0 atom stereocenters. The van der Waals surface area contributed by atoms with Gasteiger partial charge in [-0.05, 0) is 36.4 Å². The molecule has 6 nitrogen and oxygen atoms in total. The van der Waals surface area contributed by atoms with Crippen molar-refractivity contribution in [2.45, 2.75) is 4.90 Å². The molecule has 0 aliphatic rings. The Hall–Kier alpha value is -2.38. The molecule has 0 heterocycles. The number of hydrogen-bond donors (Lipinski definition) is 1. The van der Waals surface area contributed by atoms with Crippen LogP contribution in [0.4, 0.5) is 5.69 Å². The summed E-state index contributed by atoms with van der Waals surface area (Å²) >= 11 is 0. The Labute approximate surface area is 135 Å². The van der Waals surface area contributed by atoms with Crippen LogP contribution in [0.2, 0.25) is 0 Å². The number of carbonyl (C=O) groups is 1. The lowest BCUT2D eigenvalue weighted by atomic mass is 10.3. The number of anilines is 1. The number of nitrogens with zero attached hydrogens (tertiary/aromatic N) is 1. The van der Waals surface area contributed by atoms with Crippen molar-refractivity contribution in [2.24, 2.45) is 0 Å². The third-order valence-electron chi connectivity index (χ3n) is 3.03. The molecular weight excluding hydrogens is 316 g/mol. The summed E-state index contributed by atoms with van der Waals surface area (Å²) in [7, 11) is -0.535. The highest BCUT2D eigenvalue weighted by molar-refractivity contribution is 7.89.